The number of benzene rings is 2. The van der Waals surface area contributed by atoms with Crippen LogP contribution in [0.1, 0.15) is 23.1 Å². The van der Waals surface area contributed by atoms with Gasteiger partial charge in [-0.2, -0.15) is 5.10 Å². The lowest BCUT2D eigenvalue weighted by Crippen LogP contribution is -2.29. The topological polar surface area (TPSA) is 84.2 Å². The molecule has 0 radical (unpaired) electrons. The number of aliphatic hydroxyl groups is 1. The van der Waals surface area contributed by atoms with E-state index < -0.39 is 16.1 Å². The Labute approximate surface area is 147 Å². The molecule has 0 aliphatic carbocycles. The Balaban J connectivity index is 1.85. The Morgan fingerprint density at radius 2 is 1.84 bits per heavy atom. The van der Waals surface area contributed by atoms with Crippen LogP contribution in [0.3, 0.4) is 0 Å². The van der Waals surface area contributed by atoms with Gasteiger partial charge in [-0.1, -0.05) is 42.5 Å². The first-order valence-corrected chi connectivity index (χ1v) is 9.45. The van der Waals surface area contributed by atoms with Crippen molar-refractivity contribution in [2.24, 2.45) is 7.05 Å². The van der Waals surface area contributed by atoms with Gasteiger partial charge in [0.2, 0.25) is 10.0 Å². The maximum Gasteiger partial charge on any atom is 0.244 e. The summed E-state index contributed by atoms with van der Waals surface area (Å²) < 4.78 is 29.3. The molecule has 0 amide bonds. The third-order valence-electron chi connectivity index (χ3n) is 4.36. The molecule has 25 heavy (non-hydrogen) atoms. The predicted molar refractivity (Wildman–Crippen MR) is 96.8 cm³/mol. The van der Waals surface area contributed by atoms with Gasteiger partial charge in [-0.3, -0.25) is 4.68 Å². The van der Waals surface area contributed by atoms with Gasteiger partial charge in [-0.15, -0.1) is 0 Å². The molecule has 2 N–H and O–H groups in total. The molecule has 2 aromatic carbocycles. The van der Waals surface area contributed by atoms with Gasteiger partial charge in [-0.05, 0) is 30.2 Å². The van der Waals surface area contributed by atoms with Crippen LogP contribution in [0, 0.1) is 13.8 Å². The fourth-order valence-electron chi connectivity index (χ4n) is 3.05. The van der Waals surface area contributed by atoms with E-state index in [9.17, 15) is 13.5 Å². The average molecular weight is 359 g/mol. The molecule has 132 valence electrons. The maximum absolute atomic E-state index is 12.6. The van der Waals surface area contributed by atoms with Crippen molar-refractivity contribution in [2.75, 3.05) is 6.54 Å². The average Bonchev–Trinajstić information content (AvgIpc) is 2.85. The van der Waals surface area contributed by atoms with Crippen molar-refractivity contribution in [3.05, 3.63) is 59.4 Å². The van der Waals surface area contributed by atoms with Crippen molar-refractivity contribution in [1.29, 1.82) is 0 Å². The van der Waals surface area contributed by atoms with Crippen LogP contribution in [0.15, 0.2) is 47.4 Å². The Morgan fingerprint density at radius 1 is 1.16 bits per heavy atom. The molecule has 1 heterocycles. The number of aliphatic hydroxyl groups excluding tert-OH is 1. The normalized spacial score (nSPS) is 13.3. The van der Waals surface area contributed by atoms with Crippen LogP contribution < -0.4 is 4.72 Å². The number of aromatic nitrogens is 2. The van der Waals surface area contributed by atoms with Crippen LogP contribution in [0.25, 0.3) is 10.8 Å². The second kappa shape index (κ2) is 6.59. The van der Waals surface area contributed by atoms with E-state index in [2.05, 4.69) is 9.82 Å². The van der Waals surface area contributed by atoms with Gasteiger partial charge in [0.15, 0.2) is 0 Å². The van der Waals surface area contributed by atoms with E-state index in [1.165, 1.54) is 4.68 Å². The highest BCUT2D eigenvalue weighted by Gasteiger charge is 2.24. The summed E-state index contributed by atoms with van der Waals surface area (Å²) in [6, 6.07) is 13.3. The number of hydrogen-bond acceptors (Lipinski definition) is 4. The van der Waals surface area contributed by atoms with Crippen molar-refractivity contribution in [3.63, 3.8) is 0 Å². The second-order valence-electron chi connectivity index (χ2n) is 6.06. The van der Waals surface area contributed by atoms with E-state index in [0.29, 0.717) is 17.0 Å². The molecule has 0 aliphatic rings. The number of rotatable bonds is 5. The van der Waals surface area contributed by atoms with Gasteiger partial charge < -0.3 is 5.11 Å². The molecule has 1 aromatic heterocycles. The van der Waals surface area contributed by atoms with Gasteiger partial charge in [-0.25, -0.2) is 13.1 Å². The molecule has 0 saturated heterocycles. The summed E-state index contributed by atoms with van der Waals surface area (Å²) in [7, 11) is -2.05. The molecule has 3 rings (SSSR count). The summed E-state index contributed by atoms with van der Waals surface area (Å²) >= 11 is 0. The van der Waals surface area contributed by atoms with Crippen molar-refractivity contribution in [1.82, 2.24) is 14.5 Å². The molecular formula is C18H21N3O3S. The molecule has 0 spiro atoms. The zero-order chi connectivity index (χ0) is 18.2. The highest BCUT2D eigenvalue weighted by molar-refractivity contribution is 7.89. The summed E-state index contributed by atoms with van der Waals surface area (Å²) in [6.45, 7) is 3.25. The summed E-state index contributed by atoms with van der Waals surface area (Å²) in [5.41, 5.74) is 1.69. The summed E-state index contributed by atoms with van der Waals surface area (Å²) in [6.07, 6.45) is -0.946. The van der Waals surface area contributed by atoms with Gasteiger partial charge in [0.1, 0.15) is 4.90 Å². The maximum atomic E-state index is 12.6. The lowest BCUT2D eigenvalue weighted by molar-refractivity contribution is 0.183. The molecule has 0 fully saturated rings. The molecule has 0 unspecified atom stereocenters. The summed E-state index contributed by atoms with van der Waals surface area (Å²) in [4.78, 5) is 0.167. The molecule has 6 nitrogen and oxygen atoms in total. The zero-order valence-corrected chi connectivity index (χ0v) is 15.2. The largest absolute Gasteiger partial charge is 0.387 e. The third-order valence-corrected chi connectivity index (χ3v) is 6.04. The zero-order valence-electron chi connectivity index (χ0n) is 14.4. The quantitative estimate of drug-likeness (QED) is 0.731. The molecule has 0 aliphatic heterocycles. The van der Waals surface area contributed by atoms with E-state index in [-0.39, 0.29) is 11.4 Å². The first-order chi connectivity index (χ1) is 11.8. The highest BCUT2D eigenvalue weighted by Crippen LogP contribution is 2.25. The lowest BCUT2D eigenvalue weighted by Gasteiger charge is -2.15. The molecular weight excluding hydrogens is 338 g/mol. The van der Waals surface area contributed by atoms with Crippen LogP contribution in [0.2, 0.25) is 0 Å². The minimum absolute atomic E-state index is 0.107. The van der Waals surface area contributed by atoms with Crippen LogP contribution in [0.4, 0.5) is 0 Å². The van der Waals surface area contributed by atoms with E-state index in [0.717, 1.165) is 10.8 Å². The van der Waals surface area contributed by atoms with Crippen LogP contribution in [0.5, 0.6) is 0 Å². The second-order valence-corrected chi connectivity index (χ2v) is 7.76. The fourth-order valence-corrected chi connectivity index (χ4v) is 4.53. The smallest absolute Gasteiger partial charge is 0.244 e. The highest BCUT2D eigenvalue weighted by atomic mass is 32.2. The lowest BCUT2D eigenvalue weighted by atomic mass is 10.0. The van der Waals surface area contributed by atoms with E-state index in [4.69, 9.17) is 0 Å². The summed E-state index contributed by atoms with van der Waals surface area (Å²) in [5, 5.41) is 16.6. The Kier molecular flexibility index (Phi) is 4.64. The van der Waals surface area contributed by atoms with Crippen molar-refractivity contribution in [2.45, 2.75) is 24.8 Å². The number of hydrogen-bond donors (Lipinski definition) is 2. The SMILES string of the molecule is Cc1nn(C)c(C)c1S(=O)(=O)NC[C@H](O)c1cccc2ccccc12. The van der Waals surface area contributed by atoms with Crippen molar-refractivity contribution in [3.8, 4) is 0 Å². The molecule has 0 saturated carbocycles. The monoisotopic (exact) mass is 359 g/mol. The van der Waals surface area contributed by atoms with Gasteiger partial charge in [0.25, 0.3) is 0 Å². The molecule has 1 atom stereocenters. The van der Waals surface area contributed by atoms with E-state index in [1.807, 2.05) is 42.5 Å². The van der Waals surface area contributed by atoms with Crippen LogP contribution >= 0.6 is 0 Å². The summed E-state index contributed by atoms with van der Waals surface area (Å²) in [5.74, 6) is 0. The number of nitrogens with zero attached hydrogens (tertiary/aromatic N) is 2. The van der Waals surface area contributed by atoms with Crippen molar-refractivity contribution >= 4 is 20.8 Å². The standard InChI is InChI=1S/C18H21N3O3S/c1-12-18(13(2)21(3)20-12)25(23,24)19-11-17(22)16-10-6-8-14-7-4-5-9-15(14)16/h4-10,17,19,22H,11H2,1-3H3/t17-/m0/s1. The molecule has 0 bridgehead atoms. The number of aryl methyl sites for hydroxylation is 2. The third kappa shape index (κ3) is 3.30. The minimum atomic E-state index is -3.75. The molecule has 3 aromatic rings. The predicted octanol–water partition coefficient (Wildman–Crippen LogP) is 2.20. The van der Waals surface area contributed by atoms with Gasteiger partial charge in [0.05, 0.1) is 17.5 Å². The number of nitrogens with one attached hydrogen (secondary N) is 1. The number of sulfonamides is 1. The molecule has 7 heteroatoms. The van der Waals surface area contributed by atoms with Gasteiger partial charge in [0, 0.05) is 13.6 Å². The first kappa shape index (κ1) is 17.6. The Hall–Kier alpha value is -2.22. The minimum Gasteiger partial charge on any atom is -0.387 e. The van der Waals surface area contributed by atoms with Crippen LogP contribution in [-0.2, 0) is 17.1 Å². The van der Waals surface area contributed by atoms with E-state index in [1.54, 1.807) is 20.9 Å². The van der Waals surface area contributed by atoms with E-state index >= 15 is 0 Å². The number of fused-ring (bicyclic) bond motifs is 1. The van der Waals surface area contributed by atoms with Gasteiger partial charge >= 0.3 is 0 Å². The Morgan fingerprint density at radius 3 is 2.52 bits per heavy atom. The first-order valence-electron chi connectivity index (χ1n) is 7.97. The van der Waals surface area contributed by atoms with Crippen molar-refractivity contribution < 1.29 is 13.5 Å². The van der Waals surface area contributed by atoms with Crippen LogP contribution in [-0.4, -0.2) is 29.8 Å². The fraction of sp³-hybridized carbons (Fsp3) is 0.278. The Bertz CT molecular complexity index is 1020.